The van der Waals surface area contributed by atoms with E-state index in [0.717, 1.165) is 29.7 Å². The fraction of sp³-hybridized carbons (Fsp3) is 0.533. The van der Waals surface area contributed by atoms with Crippen molar-refractivity contribution in [2.75, 3.05) is 6.54 Å². The first kappa shape index (κ1) is 24.4. The first-order valence-corrected chi connectivity index (χ1v) is 12.9. The molecular formula is C30H44N2. The maximum absolute atomic E-state index is 4.34. The first-order valence-electron chi connectivity index (χ1n) is 12.9. The molecular weight excluding hydrogens is 388 g/mol. The SMILES string of the molecule is C1CCC1.C=C(NCCCCCc1ccccc1)C1CCC(Cn2c(=C)ccc2=C)CC1. The summed E-state index contributed by atoms with van der Waals surface area (Å²) in [6.45, 7) is 14.7. The van der Waals surface area contributed by atoms with Crippen LogP contribution in [-0.4, -0.2) is 11.1 Å². The molecule has 2 nitrogen and oxygen atoms in total. The van der Waals surface area contributed by atoms with Crippen LogP contribution in [-0.2, 0) is 13.0 Å². The van der Waals surface area contributed by atoms with E-state index in [1.807, 2.05) is 0 Å². The van der Waals surface area contributed by atoms with Crippen molar-refractivity contribution >= 4 is 13.2 Å². The number of hydrogen-bond acceptors (Lipinski definition) is 1. The molecule has 1 N–H and O–H groups in total. The lowest BCUT2D eigenvalue weighted by atomic mass is 9.80. The van der Waals surface area contributed by atoms with Gasteiger partial charge in [0.1, 0.15) is 0 Å². The Morgan fingerprint density at radius 1 is 0.812 bits per heavy atom. The summed E-state index contributed by atoms with van der Waals surface area (Å²) >= 11 is 0. The predicted molar refractivity (Wildman–Crippen MR) is 140 cm³/mol. The minimum absolute atomic E-state index is 0.642. The van der Waals surface area contributed by atoms with Crippen LogP contribution in [0.3, 0.4) is 0 Å². The normalized spacial score (nSPS) is 20.0. The highest BCUT2D eigenvalue weighted by atomic mass is 15.0. The third kappa shape index (κ3) is 8.04. The van der Waals surface area contributed by atoms with Gasteiger partial charge in [0.05, 0.1) is 0 Å². The van der Waals surface area contributed by atoms with E-state index in [1.54, 1.807) is 0 Å². The summed E-state index contributed by atoms with van der Waals surface area (Å²) in [5.41, 5.74) is 2.71. The van der Waals surface area contributed by atoms with Gasteiger partial charge in [-0.15, -0.1) is 0 Å². The quantitative estimate of drug-likeness (QED) is 0.443. The maximum Gasteiger partial charge on any atom is 0.0338 e. The molecule has 0 unspecified atom stereocenters. The molecule has 2 saturated carbocycles. The number of aryl methyl sites for hydroxylation is 1. The fourth-order valence-corrected chi connectivity index (χ4v) is 4.66. The van der Waals surface area contributed by atoms with Gasteiger partial charge in [-0.25, -0.2) is 0 Å². The molecule has 0 atom stereocenters. The summed E-state index contributed by atoms with van der Waals surface area (Å²) in [4.78, 5) is 0. The zero-order chi connectivity index (χ0) is 22.6. The van der Waals surface area contributed by atoms with Gasteiger partial charge < -0.3 is 9.88 Å². The third-order valence-electron chi connectivity index (χ3n) is 7.28. The Hall–Kier alpha value is -2.22. The van der Waals surface area contributed by atoms with Crippen molar-refractivity contribution in [3.05, 3.63) is 71.0 Å². The highest BCUT2D eigenvalue weighted by Crippen LogP contribution is 2.32. The highest BCUT2D eigenvalue weighted by molar-refractivity contribution is 5.14. The molecule has 1 aromatic heterocycles. The number of nitrogens with one attached hydrogen (secondary N) is 1. The van der Waals surface area contributed by atoms with E-state index >= 15 is 0 Å². The van der Waals surface area contributed by atoms with Gasteiger partial charge in [-0.1, -0.05) is 82.2 Å². The Bertz CT molecular complexity index is 851. The second kappa shape index (κ2) is 13.4. The van der Waals surface area contributed by atoms with Gasteiger partial charge in [-0.05, 0) is 74.5 Å². The molecule has 0 amide bonds. The van der Waals surface area contributed by atoms with Gasteiger partial charge >= 0.3 is 0 Å². The number of allylic oxidation sites excluding steroid dienone is 1. The van der Waals surface area contributed by atoms with Crippen molar-refractivity contribution in [3.63, 3.8) is 0 Å². The molecule has 1 heterocycles. The van der Waals surface area contributed by atoms with E-state index in [0.29, 0.717) is 5.92 Å². The topological polar surface area (TPSA) is 17.0 Å². The molecule has 1 aromatic carbocycles. The largest absolute Gasteiger partial charge is 0.389 e. The Morgan fingerprint density at radius 3 is 2.03 bits per heavy atom. The van der Waals surface area contributed by atoms with Gasteiger partial charge in [0.2, 0.25) is 0 Å². The monoisotopic (exact) mass is 432 g/mol. The van der Waals surface area contributed by atoms with Gasteiger partial charge in [0, 0.05) is 29.5 Å². The molecule has 0 aliphatic heterocycles. The number of unbranched alkanes of at least 4 members (excludes halogenated alkanes) is 2. The van der Waals surface area contributed by atoms with Crippen molar-refractivity contribution in [1.29, 1.82) is 0 Å². The number of benzene rings is 1. The van der Waals surface area contributed by atoms with Crippen LogP contribution in [0.2, 0.25) is 0 Å². The number of aromatic nitrogens is 1. The lowest BCUT2D eigenvalue weighted by Crippen LogP contribution is -2.31. The summed E-state index contributed by atoms with van der Waals surface area (Å²) in [6, 6.07) is 14.9. The number of rotatable bonds is 10. The van der Waals surface area contributed by atoms with Crippen molar-refractivity contribution < 1.29 is 0 Å². The van der Waals surface area contributed by atoms with E-state index in [1.165, 1.54) is 88.3 Å². The van der Waals surface area contributed by atoms with Gasteiger partial charge in [0.25, 0.3) is 0 Å². The summed E-state index contributed by atoms with van der Waals surface area (Å²) in [5.74, 6) is 1.39. The van der Waals surface area contributed by atoms with Crippen LogP contribution >= 0.6 is 0 Å². The zero-order valence-corrected chi connectivity index (χ0v) is 20.2. The van der Waals surface area contributed by atoms with Crippen LogP contribution in [0.4, 0.5) is 0 Å². The van der Waals surface area contributed by atoms with Crippen LogP contribution in [0.1, 0.15) is 76.2 Å². The summed E-state index contributed by atoms with van der Waals surface area (Å²) in [5, 5.41) is 5.79. The highest BCUT2D eigenvalue weighted by Gasteiger charge is 2.23. The van der Waals surface area contributed by atoms with Crippen LogP contribution in [0.5, 0.6) is 0 Å². The summed E-state index contributed by atoms with van der Waals surface area (Å²) in [7, 11) is 0. The standard InChI is InChI=1S/C26H36N2.C4H8/c1-21-13-14-22(2)28(21)20-25-15-17-26(18-16-25)23(3)27-19-9-5-8-12-24-10-6-4-7-11-24;1-2-4-3-1/h4,6-7,10-11,13-14,25-27H,1-3,5,8-9,12,15-20H2;1-4H2. The van der Waals surface area contributed by atoms with E-state index in [2.05, 4.69) is 72.1 Å². The molecule has 2 aromatic rings. The van der Waals surface area contributed by atoms with E-state index in [4.69, 9.17) is 0 Å². The van der Waals surface area contributed by atoms with Gasteiger partial charge in [-0.2, -0.15) is 0 Å². The van der Waals surface area contributed by atoms with Crippen molar-refractivity contribution in [1.82, 2.24) is 9.88 Å². The smallest absolute Gasteiger partial charge is 0.0338 e. The Balaban J connectivity index is 0.000000650. The zero-order valence-electron chi connectivity index (χ0n) is 20.2. The van der Waals surface area contributed by atoms with Crippen molar-refractivity contribution in [2.45, 2.75) is 83.6 Å². The number of nitrogens with zero attached hydrogens (tertiary/aromatic N) is 1. The molecule has 32 heavy (non-hydrogen) atoms. The van der Waals surface area contributed by atoms with Crippen molar-refractivity contribution in [3.8, 4) is 0 Å². The molecule has 2 heteroatoms. The third-order valence-corrected chi connectivity index (χ3v) is 7.28. The van der Waals surface area contributed by atoms with Crippen molar-refractivity contribution in [2.24, 2.45) is 11.8 Å². The minimum atomic E-state index is 0.642. The van der Waals surface area contributed by atoms with E-state index in [-0.39, 0.29) is 0 Å². The predicted octanol–water partition coefficient (Wildman–Crippen LogP) is 6.19. The summed E-state index contributed by atoms with van der Waals surface area (Å²) < 4.78 is 2.27. The van der Waals surface area contributed by atoms with Gasteiger partial charge in [0.15, 0.2) is 0 Å². The second-order valence-corrected chi connectivity index (χ2v) is 9.81. The molecule has 2 fully saturated rings. The molecule has 174 valence electrons. The molecule has 0 saturated heterocycles. The Morgan fingerprint density at radius 2 is 1.44 bits per heavy atom. The molecule has 0 radical (unpaired) electrons. The number of hydrogen-bond donors (Lipinski definition) is 1. The van der Waals surface area contributed by atoms with Crippen LogP contribution in [0.15, 0.2) is 54.7 Å². The molecule has 0 spiro atoms. The van der Waals surface area contributed by atoms with Gasteiger partial charge in [-0.3, -0.25) is 0 Å². The molecule has 2 aliphatic rings. The van der Waals surface area contributed by atoms with Crippen LogP contribution in [0.25, 0.3) is 13.2 Å². The Labute approximate surface area is 196 Å². The second-order valence-electron chi connectivity index (χ2n) is 9.81. The lowest BCUT2D eigenvalue weighted by molar-refractivity contribution is 0.266. The summed E-state index contributed by atoms with van der Waals surface area (Å²) in [6.07, 6.45) is 16.0. The maximum atomic E-state index is 4.34. The first-order chi connectivity index (χ1) is 15.6. The van der Waals surface area contributed by atoms with E-state index in [9.17, 15) is 0 Å². The minimum Gasteiger partial charge on any atom is -0.389 e. The lowest BCUT2D eigenvalue weighted by Gasteiger charge is -2.30. The molecule has 0 bridgehead atoms. The van der Waals surface area contributed by atoms with Crippen LogP contribution < -0.4 is 16.0 Å². The molecule has 4 rings (SSSR count). The molecule has 2 aliphatic carbocycles. The average Bonchev–Trinajstić information content (AvgIpc) is 3.08. The van der Waals surface area contributed by atoms with Crippen LogP contribution in [0, 0.1) is 11.8 Å². The Kier molecular flexibility index (Phi) is 10.2. The average molecular weight is 433 g/mol. The van der Waals surface area contributed by atoms with E-state index < -0.39 is 0 Å². The fourth-order valence-electron chi connectivity index (χ4n) is 4.66.